The van der Waals surface area contributed by atoms with Crippen molar-refractivity contribution in [3.05, 3.63) is 71.7 Å². The van der Waals surface area contributed by atoms with Crippen molar-refractivity contribution in [3.8, 4) is 11.3 Å². The van der Waals surface area contributed by atoms with Crippen molar-refractivity contribution >= 4 is 17.2 Å². The largest absolute Gasteiger partial charge is 0.391 e. The summed E-state index contributed by atoms with van der Waals surface area (Å²) in [6.45, 7) is 2.47. The van der Waals surface area contributed by atoms with E-state index in [4.69, 9.17) is 15.2 Å². The number of aliphatic hydroxyl groups excluding tert-OH is 1. The van der Waals surface area contributed by atoms with E-state index in [2.05, 4.69) is 20.4 Å². The highest BCUT2D eigenvalue weighted by molar-refractivity contribution is 5.66. The van der Waals surface area contributed by atoms with E-state index in [1.807, 2.05) is 13.0 Å². The number of hydrogen-bond donors (Lipinski definition) is 3. The standard InChI is InChI=1S/C28H30F2N6O3/c1-15-7-16(8-22(31)26(15)37)19-5-6-32-12-24(19)34-27-33-11-18-3-4-23(35-36(18)27)25-20(29)9-17(10-21(25)30)28(38-2)13-39-14-28/h3-6,9-12,15-16,22,26,37H,7-8,13-14,31H2,1-2H3,(H,33,34)/t15-,16+,22+,26-/m0/s1. The zero-order valence-corrected chi connectivity index (χ0v) is 21.6. The lowest BCUT2D eigenvalue weighted by atomic mass is 9.74. The van der Waals surface area contributed by atoms with Crippen molar-refractivity contribution < 1.29 is 23.4 Å². The molecule has 204 valence electrons. The van der Waals surface area contributed by atoms with E-state index in [0.717, 1.165) is 17.7 Å². The van der Waals surface area contributed by atoms with Crippen LogP contribution in [-0.4, -0.2) is 57.2 Å². The molecule has 1 aliphatic heterocycles. The van der Waals surface area contributed by atoms with Gasteiger partial charge in [-0.3, -0.25) is 4.98 Å². The fourth-order valence-corrected chi connectivity index (χ4v) is 5.69. The monoisotopic (exact) mass is 536 g/mol. The van der Waals surface area contributed by atoms with Crippen LogP contribution in [0.4, 0.5) is 20.4 Å². The summed E-state index contributed by atoms with van der Waals surface area (Å²) in [6.07, 6.45) is 5.94. The predicted octanol–water partition coefficient (Wildman–Crippen LogP) is 3.89. The maximum absolute atomic E-state index is 15.3. The Bertz CT molecular complexity index is 1480. The van der Waals surface area contributed by atoms with Crippen LogP contribution in [0.5, 0.6) is 0 Å². The molecule has 39 heavy (non-hydrogen) atoms. The molecule has 4 aromatic rings. The number of methoxy groups -OCH3 is 1. The molecule has 1 aromatic carbocycles. The minimum atomic E-state index is -0.849. The molecular weight excluding hydrogens is 506 g/mol. The molecule has 1 saturated carbocycles. The fraction of sp³-hybridized carbons (Fsp3) is 0.393. The number of nitrogens with one attached hydrogen (secondary N) is 1. The molecule has 4 heterocycles. The summed E-state index contributed by atoms with van der Waals surface area (Å²) in [7, 11) is 1.50. The highest BCUT2D eigenvalue weighted by Crippen LogP contribution is 2.40. The Morgan fingerprint density at radius 2 is 1.92 bits per heavy atom. The van der Waals surface area contributed by atoms with E-state index in [1.165, 1.54) is 23.8 Å². The molecule has 0 radical (unpaired) electrons. The van der Waals surface area contributed by atoms with Gasteiger partial charge in [0.1, 0.15) is 17.2 Å². The maximum Gasteiger partial charge on any atom is 0.229 e. The van der Waals surface area contributed by atoms with Gasteiger partial charge in [0.25, 0.3) is 0 Å². The van der Waals surface area contributed by atoms with E-state index in [-0.39, 0.29) is 42.3 Å². The Morgan fingerprint density at radius 1 is 1.15 bits per heavy atom. The predicted molar refractivity (Wildman–Crippen MR) is 140 cm³/mol. The third kappa shape index (κ3) is 4.45. The maximum atomic E-state index is 15.3. The second-order valence-corrected chi connectivity index (χ2v) is 10.5. The van der Waals surface area contributed by atoms with Crippen molar-refractivity contribution in [2.75, 3.05) is 25.6 Å². The van der Waals surface area contributed by atoms with Gasteiger partial charge in [-0.05, 0) is 66.1 Å². The summed E-state index contributed by atoms with van der Waals surface area (Å²) in [5.41, 5.74) is 8.01. The minimum Gasteiger partial charge on any atom is -0.391 e. The quantitative estimate of drug-likeness (QED) is 0.340. The van der Waals surface area contributed by atoms with Gasteiger partial charge in [0.2, 0.25) is 5.95 Å². The lowest BCUT2D eigenvalue weighted by Gasteiger charge is -2.40. The first-order valence-electron chi connectivity index (χ1n) is 12.9. The first-order valence-corrected chi connectivity index (χ1v) is 12.9. The van der Waals surface area contributed by atoms with Crippen LogP contribution in [-0.2, 0) is 15.1 Å². The first-order chi connectivity index (χ1) is 18.8. The molecule has 0 amide bonds. The second kappa shape index (κ2) is 9.91. The summed E-state index contributed by atoms with van der Waals surface area (Å²) in [4.78, 5) is 8.72. The number of imidazole rings is 1. The molecule has 0 unspecified atom stereocenters. The van der Waals surface area contributed by atoms with Gasteiger partial charge in [0, 0.05) is 19.3 Å². The molecule has 6 rings (SSSR count). The van der Waals surface area contributed by atoms with Crippen LogP contribution in [0.1, 0.15) is 36.8 Å². The summed E-state index contributed by atoms with van der Waals surface area (Å²) >= 11 is 0. The van der Waals surface area contributed by atoms with Crippen molar-refractivity contribution in [3.63, 3.8) is 0 Å². The Balaban J connectivity index is 1.34. The van der Waals surface area contributed by atoms with Crippen LogP contribution in [0.2, 0.25) is 0 Å². The molecule has 2 fully saturated rings. The summed E-state index contributed by atoms with van der Waals surface area (Å²) < 4.78 is 42.8. The number of hydrogen-bond acceptors (Lipinski definition) is 8. The van der Waals surface area contributed by atoms with E-state index >= 15 is 8.78 Å². The molecule has 1 saturated heterocycles. The highest BCUT2D eigenvalue weighted by Gasteiger charge is 2.42. The van der Waals surface area contributed by atoms with Gasteiger partial charge in [-0.15, -0.1) is 0 Å². The first kappa shape index (κ1) is 25.8. The van der Waals surface area contributed by atoms with Gasteiger partial charge in [-0.25, -0.2) is 13.8 Å². The number of ether oxygens (including phenoxy) is 2. The lowest BCUT2D eigenvalue weighted by molar-refractivity contribution is -0.202. The van der Waals surface area contributed by atoms with E-state index < -0.39 is 23.3 Å². The van der Waals surface area contributed by atoms with E-state index in [1.54, 1.807) is 30.7 Å². The number of fused-ring (bicyclic) bond motifs is 1. The van der Waals surface area contributed by atoms with E-state index in [9.17, 15) is 5.11 Å². The highest BCUT2D eigenvalue weighted by atomic mass is 19.1. The van der Waals surface area contributed by atoms with Crippen LogP contribution in [0.3, 0.4) is 0 Å². The molecule has 11 heteroatoms. The molecule has 3 aromatic heterocycles. The number of nitrogens with two attached hydrogens (primary N) is 1. The van der Waals surface area contributed by atoms with Crippen LogP contribution in [0.15, 0.2) is 48.9 Å². The van der Waals surface area contributed by atoms with Crippen LogP contribution < -0.4 is 11.1 Å². The summed E-state index contributed by atoms with van der Waals surface area (Å²) in [5, 5.41) is 18.1. The topological polar surface area (TPSA) is 120 Å². The average Bonchev–Trinajstić information content (AvgIpc) is 3.28. The average molecular weight is 537 g/mol. The number of aliphatic hydroxyl groups is 1. The van der Waals surface area contributed by atoms with Crippen molar-refractivity contribution in [1.82, 2.24) is 19.6 Å². The Labute approximate surface area is 224 Å². The van der Waals surface area contributed by atoms with Crippen molar-refractivity contribution in [2.24, 2.45) is 11.7 Å². The van der Waals surface area contributed by atoms with Gasteiger partial charge in [0.15, 0.2) is 0 Å². The lowest BCUT2D eigenvalue weighted by Crippen LogP contribution is -2.48. The third-order valence-corrected chi connectivity index (χ3v) is 8.05. The molecule has 1 aliphatic carbocycles. The SMILES string of the molecule is COC1(c2cc(F)c(-c3ccc4cnc(Nc5cnccc5[C@H]5C[C@@H](N)[C@@H](O)[C@@H](C)C5)n4n3)c(F)c2)COC1. The molecule has 0 spiro atoms. The molecule has 4 atom stereocenters. The van der Waals surface area contributed by atoms with E-state index in [0.29, 0.717) is 23.4 Å². The smallest absolute Gasteiger partial charge is 0.229 e. The normalized spacial score (nSPS) is 24.5. The van der Waals surface area contributed by atoms with Gasteiger partial charge >= 0.3 is 0 Å². The number of anilines is 2. The van der Waals surface area contributed by atoms with Crippen molar-refractivity contribution in [2.45, 2.75) is 43.4 Å². The summed E-state index contributed by atoms with van der Waals surface area (Å²) in [5.74, 6) is -0.930. The third-order valence-electron chi connectivity index (χ3n) is 8.05. The second-order valence-electron chi connectivity index (χ2n) is 10.5. The number of benzene rings is 1. The van der Waals surface area contributed by atoms with Crippen LogP contribution in [0.25, 0.3) is 16.8 Å². The number of halogens is 2. The fourth-order valence-electron chi connectivity index (χ4n) is 5.69. The molecular formula is C28H30F2N6O3. The summed E-state index contributed by atoms with van der Waals surface area (Å²) in [6, 6.07) is 7.44. The Kier molecular flexibility index (Phi) is 6.54. The van der Waals surface area contributed by atoms with Gasteiger partial charge in [-0.2, -0.15) is 9.61 Å². The zero-order chi connectivity index (χ0) is 27.3. The minimum absolute atomic E-state index is 0.0583. The molecule has 4 N–H and O–H groups in total. The van der Waals surface area contributed by atoms with Crippen molar-refractivity contribution in [1.29, 1.82) is 0 Å². The van der Waals surface area contributed by atoms with Gasteiger partial charge in [-0.1, -0.05) is 6.92 Å². The van der Waals surface area contributed by atoms with Crippen LogP contribution in [0, 0.1) is 17.6 Å². The van der Waals surface area contributed by atoms with Gasteiger partial charge in [0.05, 0.1) is 54.2 Å². The number of rotatable bonds is 6. The number of aromatic nitrogens is 4. The molecule has 0 bridgehead atoms. The Morgan fingerprint density at radius 3 is 2.59 bits per heavy atom. The van der Waals surface area contributed by atoms with Crippen LogP contribution >= 0.6 is 0 Å². The Hall–Kier alpha value is -3.51. The number of nitrogens with zero attached hydrogens (tertiary/aromatic N) is 4. The zero-order valence-electron chi connectivity index (χ0n) is 21.6. The molecule has 9 nitrogen and oxygen atoms in total. The number of pyridine rings is 1. The van der Waals surface area contributed by atoms with Gasteiger partial charge < -0.3 is 25.6 Å². The molecule has 2 aliphatic rings.